The van der Waals surface area contributed by atoms with Gasteiger partial charge in [-0.15, -0.1) is 10.2 Å². The number of fused-ring (bicyclic) bond motifs is 1. The SMILES string of the molecule is O=C(CC(F)(F)F)N(Cc1ccc(F)cc1)N1Cc2ccc(-c3nnc(C(F)F)o3)cc2C1=O. The van der Waals surface area contributed by atoms with Crippen LogP contribution in [0.5, 0.6) is 0 Å². The van der Waals surface area contributed by atoms with Gasteiger partial charge >= 0.3 is 12.6 Å². The summed E-state index contributed by atoms with van der Waals surface area (Å²) in [5.74, 6) is -3.93. The molecule has 0 radical (unpaired) electrons. The molecule has 1 aromatic heterocycles. The van der Waals surface area contributed by atoms with Gasteiger partial charge in [-0.25, -0.2) is 14.4 Å². The monoisotopic (exact) mass is 484 g/mol. The van der Waals surface area contributed by atoms with Crippen molar-refractivity contribution >= 4 is 11.8 Å². The molecule has 2 heterocycles. The van der Waals surface area contributed by atoms with Gasteiger partial charge < -0.3 is 4.42 Å². The lowest BCUT2D eigenvalue weighted by atomic mass is 10.1. The van der Waals surface area contributed by atoms with Gasteiger partial charge in [0.1, 0.15) is 12.2 Å². The van der Waals surface area contributed by atoms with E-state index < -0.39 is 49.1 Å². The van der Waals surface area contributed by atoms with Gasteiger partial charge in [0.25, 0.3) is 17.7 Å². The maximum absolute atomic E-state index is 13.2. The van der Waals surface area contributed by atoms with Crippen molar-refractivity contribution in [1.29, 1.82) is 0 Å². The molecule has 3 aromatic rings. The number of hydrogen-bond donors (Lipinski definition) is 0. The smallest absolute Gasteiger partial charge is 0.397 e. The second kappa shape index (κ2) is 8.80. The lowest BCUT2D eigenvalue weighted by Crippen LogP contribution is -2.47. The van der Waals surface area contributed by atoms with Crippen LogP contribution >= 0.6 is 0 Å². The number of aromatic nitrogens is 2. The van der Waals surface area contributed by atoms with Crippen molar-refractivity contribution in [3.8, 4) is 11.5 Å². The number of alkyl halides is 5. The van der Waals surface area contributed by atoms with Gasteiger partial charge in [-0.05, 0) is 35.4 Å². The maximum Gasteiger partial charge on any atom is 0.397 e. The molecule has 0 spiro atoms. The molecule has 2 amide bonds. The third-order valence-corrected chi connectivity index (χ3v) is 4.95. The van der Waals surface area contributed by atoms with E-state index in [0.29, 0.717) is 16.1 Å². The van der Waals surface area contributed by atoms with Gasteiger partial charge in [0.2, 0.25) is 5.89 Å². The van der Waals surface area contributed by atoms with Gasteiger partial charge in [0.05, 0.1) is 13.1 Å². The molecule has 7 nitrogen and oxygen atoms in total. The van der Waals surface area contributed by atoms with Gasteiger partial charge in [-0.3, -0.25) is 9.59 Å². The van der Waals surface area contributed by atoms with Crippen LogP contribution in [0.1, 0.15) is 40.2 Å². The normalized spacial score (nSPS) is 13.5. The van der Waals surface area contributed by atoms with Crippen LogP contribution in [0.4, 0.5) is 26.3 Å². The highest BCUT2D eigenvalue weighted by Crippen LogP contribution is 2.32. The fraction of sp³-hybridized carbons (Fsp3) is 0.238. The van der Waals surface area contributed by atoms with E-state index in [-0.39, 0.29) is 23.6 Å². The summed E-state index contributed by atoms with van der Waals surface area (Å²) < 4.78 is 82.3. The zero-order chi connectivity index (χ0) is 24.6. The summed E-state index contributed by atoms with van der Waals surface area (Å²) in [5.41, 5.74) is 0.844. The molecule has 0 saturated carbocycles. The Morgan fingerprint density at radius 1 is 1.12 bits per heavy atom. The van der Waals surface area contributed by atoms with Crippen LogP contribution in [0.2, 0.25) is 0 Å². The highest BCUT2D eigenvalue weighted by Gasteiger charge is 2.39. The lowest BCUT2D eigenvalue weighted by Gasteiger charge is -2.32. The number of amides is 2. The van der Waals surface area contributed by atoms with Gasteiger partial charge in [0, 0.05) is 11.1 Å². The molecular formula is C21H14F6N4O3. The van der Waals surface area contributed by atoms with E-state index in [4.69, 9.17) is 4.42 Å². The number of rotatable bonds is 6. The maximum atomic E-state index is 13.2. The Morgan fingerprint density at radius 3 is 2.44 bits per heavy atom. The molecule has 1 aliphatic heterocycles. The highest BCUT2D eigenvalue weighted by atomic mass is 19.4. The summed E-state index contributed by atoms with van der Waals surface area (Å²) in [6.45, 7) is -0.630. The molecule has 0 aliphatic carbocycles. The molecule has 0 N–H and O–H groups in total. The number of carbonyl (C=O) groups is 2. The average molecular weight is 484 g/mol. The Kier molecular flexibility index (Phi) is 6.02. The molecule has 4 rings (SSSR count). The molecule has 34 heavy (non-hydrogen) atoms. The van der Waals surface area contributed by atoms with Crippen molar-refractivity contribution in [3.63, 3.8) is 0 Å². The molecule has 178 valence electrons. The van der Waals surface area contributed by atoms with Crippen molar-refractivity contribution in [2.45, 2.75) is 32.1 Å². The minimum atomic E-state index is -4.82. The van der Waals surface area contributed by atoms with Crippen LogP contribution in [0.3, 0.4) is 0 Å². The van der Waals surface area contributed by atoms with Crippen LogP contribution < -0.4 is 0 Å². The first kappa shape index (κ1) is 23.3. The van der Waals surface area contributed by atoms with Crippen molar-refractivity contribution in [2.75, 3.05) is 0 Å². The topological polar surface area (TPSA) is 79.5 Å². The number of halogens is 6. The minimum Gasteiger partial charge on any atom is -0.415 e. The molecule has 0 atom stereocenters. The Hall–Kier alpha value is -3.90. The van der Waals surface area contributed by atoms with E-state index in [2.05, 4.69) is 10.2 Å². The fourth-order valence-electron chi connectivity index (χ4n) is 3.39. The number of carbonyl (C=O) groups excluding carboxylic acids is 2. The summed E-state index contributed by atoms with van der Waals surface area (Å²) in [6.07, 6.45) is -9.62. The van der Waals surface area contributed by atoms with Crippen molar-refractivity contribution in [3.05, 3.63) is 70.9 Å². The summed E-state index contributed by atoms with van der Waals surface area (Å²) >= 11 is 0. The van der Waals surface area contributed by atoms with E-state index >= 15 is 0 Å². The Bertz CT molecular complexity index is 1230. The number of nitrogens with zero attached hydrogens (tertiary/aromatic N) is 4. The molecule has 2 aromatic carbocycles. The lowest BCUT2D eigenvalue weighted by molar-refractivity contribution is -0.172. The molecule has 0 unspecified atom stereocenters. The first-order valence-corrected chi connectivity index (χ1v) is 9.70. The predicted molar refractivity (Wildman–Crippen MR) is 102 cm³/mol. The van der Waals surface area contributed by atoms with Crippen molar-refractivity contribution < 1.29 is 40.3 Å². The second-order valence-corrected chi connectivity index (χ2v) is 7.35. The van der Waals surface area contributed by atoms with Crippen LogP contribution in [-0.2, 0) is 17.9 Å². The van der Waals surface area contributed by atoms with E-state index in [0.717, 1.165) is 17.1 Å². The first-order valence-electron chi connectivity index (χ1n) is 9.70. The Balaban J connectivity index is 1.63. The highest BCUT2D eigenvalue weighted by molar-refractivity contribution is 6.00. The Morgan fingerprint density at radius 2 is 1.82 bits per heavy atom. The van der Waals surface area contributed by atoms with Crippen LogP contribution in [0, 0.1) is 5.82 Å². The Labute approximate surface area is 187 Å². The molecule has 0 bridgehead atoms. The molecular weight excluding hydrogens is 470 g/mol. The second-order valence-electron chi connectivity index (χ2n) is 7.35. The predicted octanol–water partition coefficient (Wildman–Crippen LogP) is 4.67. The zero-order valence-electron chi connectivity index (χ0n) is 17.0. The van der Waals surface area contributed by atoms with Crippen molar-refractivity contribution in [1.82, 2.24) is 20.2 Å². The third kappa shape index (κ3) is 4.87. The van der Waals surface area contributed by atoms with Gasteiger partial charge in [-0.2, -0.15) is 22.0 Å². The summed E-state index contributed by atoms with van der Waals surface area (Å²) in [4.78, 5) is 25.6. The molecule has 0 fully saturated rings. The molecule has 0 saturated heterocycles. The van der Waals surface area contributed by atoms with Gasteiger partial charge in [-0.1, -0.05) is 18.2 Å². The summed E-state index contributed by atoms with van der Waals surface area (Å²) in [5, 5.41) is 8.22. The molecule has 13 heteroatoms. The average Bonchev–Trinajstić information content (AvgIpc) is 3.37. The summed E-state index contributed by atoms with van der Waals surface area (Å²) in [7, 11) is 0. The van der Waals surface area contributed by atoms with E-state index in [9.17, 15) is 35.9 Å². The number of hydrazine groups is 1. The van der Waals surface area contributed by atoms with E-state index in [1.165, 1.54) is 30.3 Å². The third-order valence-electron chi connectivity index (χ3n) is 4.95. The van der Waals surface area contributed by atoms with Crippen LogP contribution in [0.25, 0.3) is 11.5 Å². The quantitative estimate of drug-likeness (QED) is 0.476. The first-order chi connectivity index (χ1) is 16.0. The van der Waals surface area contributed by atoms with Gasteiger partial charge in [0.15, 0.2) is 0 Å². The minimum absolute atomic E-state index is 0.0261. The van der Waals surface area contributed by atoms with E-state index in [1.807, 2.05) is 0 Å². The van der Waals surface area contributed by atoms with E-state index in [1.54, 1.807) is 0 Å². The number of benzene rings is 2. The van der Waals surface area contributed by atoms with Crippen molar-refractivity contribution in [2.24, 2.45) is 0 Å². The fourth-order valence-corrected chi connectivity index (χ4v) is 3.39. The van der Waals surface area contributed by atoms with Crippen LogP contribution in [0.15, 0.2) is 46.9 Å². The molecule has 1 aliphatic rings. The zero-order valence-corrected chi connectivity index (χ0v) is 17.0. The summed E-state index contributed by atoms with van der Waals surface area (Å²) in [6, 6.07) is 8.85. The largest absolute Gasteiger partial charge is 0.415 e. The standard InChI is InChI=1S/C21H14F6N4O3/c22-14-5-1-11(2-6-14)9-30(16(32)8-21(25,26)27)31-10-13-4-3-12(7-15(13)20(31)33)18-28-29-19(34-18)17(23)24/h1-7,17H,8-10H2. The number of hydrogen-bond acceptors (Lipinski definition) is 5. The van der Waals surface area contributed by atoms with Crippen LogP contribution in [-0.4, -0.2) is 38.2 Å².